The SMILES string of the molecule is COC(=O)CCN1CCC(C(=O)N2CCN(N3CCC(Cc4ccccc4)CC3)CC2)CC1. The van der Waals surface area contributed by atoms with Gasteiger partial charge in [-0.15, -0.1) is 0 Å². The van der Waals surface area contributed by atoms with Gasteiger partial charge in [-0.1, -0.05) is 30.3 Å². The Morgan fingerprint density at radius 2 is 1.48 bits per heavy atom. The first kappa shape index (κ1) is 24.2. The zero-order valence-electron chi connectivity index (χ0n) is 20.2. The van der Waals surface area contributed by atoms with Crippen LogP contribution in [0.25, 0.3) is 0 Å². The number of piperazine rings is 1. The standard InChI is InChI=1S/C26H40N4O3/c1-33-25(31)11-14-27-12-9-24(10-13-27)26(32)28-17-19-30(20-18-28)29-15-7-23(8-16-29)21-22-5-3-2-4-6-22/h2-6,23-24H,7-21H2,1H3. The van der Waals surface area contributed by atoms with E-state index in [1.54, 1.807) is 0 Å². The molecule has 0 bridgehead atoms. The molecule has 1 amide bonds. The number of hydrogen-bond donors (Lipinski definition) is 0. The van der Waals surface area contributed by atoms with Gasteiger partial charge in [-0.3, -0.25) is 9.59 Å². The number of likely N-dealkylation sites (tertiary alicyclic amines) is 1. The molecule has 7 heteroatoms. The highest BCUT2D eigenvalue weighted by atomic mass is 16.5. The number of amides is 1. The van der Waals surface area contributed by atoms with Crippen LogP contribution in [-0.2, 0) is 20.7 Å². The van der Waals surface area contributed by atoms with Crippen LogP contribution in [-0.4, -0.2) is 97.7 Å². The zero-order chi connectivity index (χ0) is 23.0. The average molecular weight is 457 g/mol. The van der Waals surface area contributed by atoms with Gasteiger partial charge < -0.3 is 14.5 Å². The molecule has 4 rings (SSSR count). The van der Waals surface area contributed by atoms with E-state index in [9.17, 15) is 9.59 Å². The molecule has 0 N–H and O–H groups in total. The van der Waals surface area contributed by atoms with Crippen molar-refractivity contribution in [1.82, 2.24) is 19.8 Å². The summed E-state index contributed by atoms with van der Waals surface area (Å²) in [6, 6.07) is 10.9. The highest BCUT2D eigenvalue weighted by Gasteiger charge is 2.32. The number of hydrazine groups is 1. The van der Waals surface area contributed by atoms with Crippen molar-refractivity contribution in [2.75, 3.05) is 66.0 Å². The van der Waals surface area contributed by atoms with Crippen LogP contribution in [0.3, 0.4) is 0 Å². The van der Waals surface area contributed by atoms with E-state index in [4.69, 9.17) is 4.74 Å². The molecule has 0 spiro atoms. The topological polar surface area (TPSA) is 56.3 Å². The first-order valence-electron chi connectivity index (χ1n) is 12.7. The summed E-state index contributed by atoms with van der Waals surface area (Å²) in [5.74, 6) is 1.10. The zero-order valence-corrected chi connectivity index (χ0v) is 20.2. The minimum Gasteiger partial charge on any atom is -0.469 e. The molecule has 0 radical (unpaired) electrons. The van der Waals surface area contributed by atoms with Gasteiger partial charge in [0, 0.05) is 51.7 Å². The Bertz CT molecular complexity index is 750. The van der Waals surface area contributed by atoms with Crippen molar-refractivity contribution >= 4 is 11.9 Å². The maximum Gasteiger partial charge on any atom is 0.306 e. The molecular formula is C26H40N4O3. The third-order valence-corrected chi connectivity index (χ3v) is 7.72. The van der Waals surface area contributed by atoms with E-state index in [0.29, 0.717) is 12.3 Å². The van der Waals surface area contributed by atoms with Gasteiger partial charge >= 0.3 is 5.97 Å². The molecule has 0 aromatic heterocycles. The van der Waals surface area contributed by atoms with Crippen molar-refractivity contribution in [3.8, 4) is 0 Å². The second kappa shape index (κ2) is 12.0. The normalized spacial score (nSPS) is 22.4. The molecule has 0 saturated carbocycles. The summed E-state index contributed by atoms with van der Waals surface area (Å²) in [6.07, 6.45) is 5.93. The van der Waals surface area contributed by atoms with Gasteiger partial charge in [0.15, 0.2) is 0 Å². The van der Waals surface area contributed by atoms with E-state index in [0.717, 1.165) is 77.7 Å². The Kier molecular flexibility index (Phi) is 8.75. The highest BCUT2D eigenvalue weighted by molar-refractivity contribution is 5.79. The Morgan fingerprint density at radius 1 is 0.848 bits per heavy atom. The van der Waals surface area contributed by atoms with Gasteiger partial charge in [-0.2, -0.15) is 0 Å². The van der Waals surface area contributed by atoms with Crippen LogP contribution in [0.4, 0.5) is 0 Å². The predicted octanol–water partition coefficient (Wildman–Crippen LogP) is 2.28. The highest BCUT2D eigenvalue weighted by Crippen LogP contribution is 2.24. The van der Waals surface area contributed by atoms with Crippen molar-refractivity contribution < 1.29 is 14.3 Å². The first-order chi connectivity index (χ1) is 16.1. The van der Waals surface area contributed by atoms with E-state index >= 15 is 0 Å². The summed E-state index contributed by atoms with van der Waals surface area (Å²) in [5.41, 5.74) is 1.46. The lowest BCUT2D eigenvalue weighted by atomic mass is 9.91. The fraction of sp³-hybridized carbons (Fsp3) is 0.692. The number of hydrogen-bond acceptors (Lipinski definition) is 6. The molecule has 0 atom stereocenters. The van der Waals surface area contributed by atoms with Crippen LogP contribution < -0.4 is 0 Å². The number of ether oxygens (including phenoxy) is 1. The van der Waals surface area contributed by atoms with E-state index < -0.39 is 0 Å². The quantitative estimate of drug-likeness (QED) is 0.587. The number of methoxy groups -OCH3 is 1. The van der Waals surface area contributed by atoms with E-state index in [2.05, 4.69) is 50.1 Å². The summed E-state index contributed by atoms with van der Waals surface area (Å²) >= 11 is 0. The maximum absolute atomic E-state index is 13.1. The third-order valence-electron chi connectivity index (χ3n) is 7.72. The average Bonchev–Trinajstić information content (AvgIpc) is 2.88. The second-order valence-electron chi connectivity index (χ2n) is 9.81. The minimum absolute atomic E-state index is 0.139. The molecule has 33 heavy (non-hydrogen) atoms. The van der Waals surface area contributed by atoms with Crippen LogP contribution in [0.15, 0.2) is 30.3 Å². The molecule has 1 aromatic carbocycles. The molecule has 182 valence electrons. The molecule has 3 saturated heterocycles. The van der Waals surface area contributed by atoms with Crippen LogP contribution >= 0.6 is 0 Å². The molecule has 0 unspecified atom stereocenters. The Balaban J connectivity index is 1.14. The van der Waals surface area contributed by atoms with Gasteiger partial charge in [0.05, 0.1) is 13.5 Å². The molecule has 7 nitrogen and oxygen atoms in total. The molecule has 0 aliphatic carbocycles. The molecule has 3 aliphatic rings. The van der Waals surface area contributed by atoms with Crippen molar-refractivity contribution in [2.45, 2.75) is 38.5 Å². The number of piperidine rings is 2. The summed E-state index contributed by atoms with van der Waals surface area (Å²) < 4.78 is 4.73. The second-order valence-corrected chi connectivity index (χ2v) is 9.81. The van der Waals surface area contributed by atoms with Gasteiger partial charge in [-0.05, 0) is 56.7 Å². The minimum atomic E-state index is -0.161. The predicted molar refractivity (Wildman–Crippen MR) is 128 cm³/mol. The molecule has 3 fully saturated rings. The maximum atomic E-state index is 13.1. The van der Waals surface area contributed by atoms with Crippen LogP contribution in [0.1, 0.15) is 37.7 Å². The third kappa shape index (κ3) is 6.78. The number of esters is 1. The van der Waals surface area contributed by atoms with Crippen molar-refractivity contribution in [2.24, 2.45) is 11.8 Å². The van der Waals surface area contributed by atoms with Gasteiger partial charge in [0.25, 0.3) is 0 Å². The lowest BCUT2D eigenvalue weighted by Crippen LogP contribution is -2.57. The van der Waals surface area contributed by atoms with Crippen LogP contribution in [0, 0.1) is 11.8 Å². The summed E-state index contributed by atoms with van der Waals surface area (Å²) in [7, 11) is 1.43. The largest absolute Gasteiger partial charge is 0.469 e. The molecule has 3 aliphatic heterocycles. The Labute approximate surface area is 198 Å². The summed E-state index contributed by atoms with van der Waals surface area (Å²) in [6.45, 7) is 8.37. The van der Waals surface area contributed by atoms with E-state index in [1.165, 1.54) is 31.9 Å². The Morgan fingerprint density at radius 3 is 2.12 bits per heavy atom. The molecular weight excluding hydrogens is 416 g/mol. The van der Waals surface area contributed by atoms with E-state index in [-0.39, 0.29) is 11.9 Å². The summed E-state index contributed by atoms with van der Waals surface area (Å²) in [4.78, 5) is 28.8. The number of benzene rings is 1. The van der Waals surface area contributed by atoms with Crippen molar-refractivity contribution in [3.63, 3.8) is 0 Å². The Hall–Kier alpha value is -1.96. The number of rotatable bonds is 7. The van der Waals surface area contributed by atoms with Gasteiger partial charge in [0.1, 0.15) is 0 Å². The number of nitrogens with zero attached hydrogens (tertiary/aromatic N) is 4. The lowest BCUT2D eigenvalue weighted by Gasteiger charge is -2.45. The lowest BCUT2D eigenvalue weighted by molar-refractivity contribution is -0.144. The molecule has 3 heterocycles. The van der Waals surface area contributed by atoms with Gasteiger partial charge in [0.2, 0.25) is 5.91 Å². The van der Waals surface area contributed by atoms with Crippen molar-refractivity contribution in [3.05, 3.63) is 35.9 Å². The van der Waals surface area contributed by atoms with Crippen LogP contribution in [0.5, 0.6) is 0 Å². The number of carbonyl (C=O) groups excluding carboxylic acids is 2. The summed E-state index contributed by atoms with van der Waals surface area (Å²) in [5, 5.41) is 5.01. The van der Waals surface area contributed by atoms with Crippen molar-refractivity contribution in [1.29, 1.82) is 0 Å². The van der Waals surface area contributed by atoms with Gasteiger partial charge in [-0.25, -0.2) is 10.0 Å². The molecule has 1 aromatic rings. The first-order valence-corrected chi connectivity index (χ1v) is 12.7. The fourth-order valence-corrected chi connectivity index (χ4v) is 5.57. The van der Waals surface area contributed by atoms with Crippen LogP contribution in [0.2, 0.25) is 0 Å². The monoisotopic (exact) mass is 456 g/mol. The smallest absolute Gasteiger partial charge is 0.306 e. The van der Waals surface area contributed by atoms with E-state index in [1.807, 2.05) is 0 Å². The fourth-order valence-electron chi connectivity index (χ4n) is 5.57. The number of carbonyl (C=O) groups is 2.